The number of hydrogen-bond acceptors (Lipinski definition) is 1. The zero-order valence-electron chi connectivity index (χ0n) is 15.8. The summed E-state index contributed by atoms with van der Waals surface area (Å²) in [5.41, 5.74) is 5.57. The van der Waals surface area contributed by atoms with E-state index in [9.17, 15) is 0 Å². The minimum atomic E-state index is 0.575. The van der Waals surface area contributed by atoms with Crippen LogP contribution in [0.4, 0.5) is 0 Å². The molecule has 0 aromatic heterocycles. The van der Waals surface area contributed by atoms with E-state index in [-0.39, 0.29) is 0 Å². The standard InChI is InChI=1S/C21H42N2/c1-3-5-6-7-8-9-10-11-12-13-14-15-16-17-18-19-20-23-21(22)4-2/h4H,2-3,5-20H2,1H3,(H2,22,23). The Morgan fingerprint density at radius 2 is 1.04 bits per heavy atom. The lowest BCUT2D eigenvalue weighted by Gasteiger charge is -2.03. The highest BCUT2D eigenvalue weighted by Crippen LogP contribution is 2.13. The molecule has 0 rings (SSSR count). The molecule has 0 unspecified atom stereocenters. The molecule has 0 atom stereocenters. The number of hydrogen-bond donors (Lipinski definition) is 1. The summed E-state index contributed by atoms with van der Waals surface area (Å²) in [4.78, 5) is 4.22. The van der Waals surface area contributed by atoms with Crippen LogP contribution in [0.5, 0.6) is 0 Å². The molecule has 0 aliphatic rings. The predicted molar refractivity (Wildman–Crippen MR) is 106 cm³/mol. The molecule has 0 aliphatic heterocycles. The number of rotatable bonds is 18. The van der Waals surface area contributed by atoms with Crippen LogP contribution in [0, 0.1) is 0 Å². The average molecular weight is 323 g/mol. The van der Waals surface area contributed by atoms with E-state index in [0.29, 0.717) is 5.84 Å². The van der Waals surface area contributed by atoms with E-state index in [4.69, 9.17) is 5.73 Å². The van der Waals surface area contributed by atoms with E-state index in [1.54, 1.807) is 6.08 Å². The normalized spacial score (nSPS) is 11.8. The summed E-state index contributed by atoms with van der Waals surface area (Å²) in [5.74, 6) is 0.575. The van der Waals surface area contributed by atoms with Gasteiger partial charge < -0.3 is 5.73 Å². The van der Waals surface area contributed by atoms with Gasteiger partial charge in [-0.1, -0.05) is 110 Å². The topological polar surface area (TPSA) is 38.4 Å². The Balaban J connectivity index is 3.04. The van der Waals surface area contributed by atoms with Crippen molar-refractivity contribution in [2.45, 2.75) is 110 Å². The molecule has 0 bridgehead atoms. The first-order valence-electron chi connectivity index (χ1n) is 10.2. The van der Waals surface area contributed by atoms with Gasteiger partial charge in [-0.05, 0) is 12.5 Å². The number of amidine groups is 1. The third-order valence-electron chi connectivity index (χ3n) is 4.52. The Morgan fingerprint density at radius 1 is 0.696 bits per heavy atom. The Kier molecular flexibility index (Phi) is 18.6. The SMILES string of the molecule is C=CC(N)=NCCCCCCCCCCCCCCCCCC. The molecule has 0 aromatic rings. The summed E-state index contributed by atoms with van der Waals surface area (Å²) < 4.78 is 0. The molecule has 2 N–H and O–H groups in total. The molecule has 2 heteroatoms. The van der Waals surface area contributed by atoms with Crippen LogP contribution in [-0.2, 0) is 0 Å². The summed E-state index contributed by atoms with van der Waals surface area (Å²) >= 11 is 0. The van der Waals surface area contributed by atoms with Gasteiger partial charge in [-0.15, -0.1) is 0 Å². The second-order valence-corrected chi connectivity index (χ2v) is 6.81. The first-order valence-corrected chi connectivity index (χ1v) is 10.2. The van der Waals surface area contributed by atoms with Crippen molar-refractivity contribution in [1.29, 1.82) is 0 Å². The second-order valence-electron chi connectivity index (χ2n) is 6.81. The smallest absolute Gasteiger partial charge is 0.117 e. The number of nitrogens with zero attached hydrogens (tertiary/aromatic N) is 1. The lowest BCUT2D eigenvalue weighted by atomic mass is 10.0. The van der Waals surface area contributed by atoms with Crippen LogP contribution in [0.3, 0.4) is 0 Å². The molecule has 0 amide bonds. The maximum atomic E-state index is 5.57. The monoisotopic (exact) mass is 322 g/mol. The highest BCUT2D eigenvalue weighted by atomic mass is 14.8. The molecule has 0 saturated carbocycles. The molecule has 136 valence electrons. The first-order chi connectivity index (χ1) is 11.3. The third kappa shape index (κ3) is 19.2. The lowest BCUT2D eigenvalue weighted by Crippen LogP contribution is -2.07. The zero-order chi connectivity index (χ0) is 17.0. The maximum absolute atomic E-state index is 5.57. The molecule has 0 fully saturated rings. The molecule has 0 aliphatic carbocycles. The summed E-state index contributed by atoms with van der Waals surface area (Å²) in [5, 5.41) is 0. The lowest BCUT2D eigenvalue weighted by molar-refractivity contribution is 0.530. The minimum absolute atomic E-state index is 0.575. The van der Waals surface area contributed by atoms with Crippen molar-refractivity contribution in [3.05, 3.63) is 12.7 Å². The Morgan fingerprint density at radius 3 is 1.39 bits per heavy atom. The van der Waals surface area contributed by atoms with Gasteiger partial charge in [0.15, 0.2) is 0 Å². The van der Waals surface area contributed by atoms with Gasteiger partial charge in [0.05, 0.1) is 0 Å². The van der Waals surface area contributed by atoms with Crippen molar-refractivity contribution >= 4 is 5.84 Å². The van der Waals surface area contributed by atoms with Crippen molar-refractivity contribution in [2.75, 3.05) is 6.54 Å². The Labute approximate surface area is 146 Å². The Bertz CT molecular complexity index is 271. The number of aliphatic imine (C=N–C) groups is 1. The number of unbranched alkanes of at least 4 members (excludes halogenated alkanes) is 15. The van der Waals surface area contributed by atoms with Crippen molar-refractivity contribution in [3.8, 4) is 0 Å². The van der Waals surface area contributed by atoms with Gasteiger partial charge in [0, 0.05) is 6.54 Å². The summed E-state index contributed by atoms with van der Waals surface area (Å²) in [6.07, 6.45) is 24.1. The van der Waals surface area contributed by atoms with E-state index >= 15 is 0 Å². The van der Waals surface area contributed by atoms with Gasteiger partial charge in [-0.3, -0.25) is 4.99 Å². The highest BCUT2D eigenvalue weighted by Gasteiger charge is 1.94. The minimum Gasteiger partial charge on any atom is -0.384 e. The molecular weight excluding hydrogens is 280 g/mol. The van der Waals surface area contributed by atoms with Gasteiger partial charge in [-0.25, -0.2) is 0 Å². The summed E-state index contributed by atoms with van der Waals surface area (Å²) in [7, 11) is 0. The van der Waals surface area contributed by atoms with E-state index in [1.807, 2.05) is 0 Å². The van der Waals surface area contributed by atoms with E-state index in [0.717, 1.165) is 13.0 Å². The third-order valence-corrected chi connectivity index (χ3v) is 4.52. The molecule has 0 heterocycles. The molecule has 0 saturated heterocycles. The largest absolute Gasteiger partial charge is 0.384 e. The average Bonchev–Trinajstić information content (AvgIpc) is 2.57. The van der Waals surface area contributed by atoms with Crippen LogP contribution in [0.1, 0.15) is 110 Å². The molecule has 0 radical (unpaired) electrons. The van der Waals surface area contributed by atoms with E-state index < -0.39 is 0 Å². The molecular formula is C21H42N2. The van der Waals surface area contributed by atoms with Crippen molar-refractivity contribution in [1.82, 2.24) is 0 Å². The van der Waals surface area contributed by atoms with Crippen molar-refractivity contribution < 1.29 is 0 Å². The molecule has 0 aromatic carbocycles. The second kappa shape index (κ2) is 19.3. The summed E-state index contributed by atoms with van der Waals surface area (Å²) in [6.45, 7) is 6.74. The van der Waals surface area contributed by atoms with E-state index in [2.05, 4.69) is 18.5 Å². The fraction of sp³-hybridized carbons (Fsp3) is 0.857. The number of nitrogens with two attached hydrogens (primary N) is 1. The highest BCUT2D eigenvalue weighted by molar-refractivity contribution is 5.90. The maximum Gasteiger partial charge on any atom is 0.117 e. The van der Waals surface area contributed by atoms with Gasteiger partial charge in [0.2, 0.25) is 0 Å². The van der Waals surface area contributed by atoms with Gasteiger partial charge in [0.1, 0.15) is 5.84 Å². The molecule has 23 heavy (non-hydrogen) atoms. The van der Waals surface area contributed by atoms with Crippen LogP contribution in [0.15, 0.2) is 17.6 Å². The van der Waals surface area contributed by atoms with Crippen LogP contribution < -0.4 is 5.73 Å². The first kappa shape index (κ1) is 22.2. The van der Waals surface area contributed by atoms with Crippen LogP contribution >= 0.6 is 0 Å². The molecule has 2 nitrogen and oxygen atoms in total. The van der Waals surface area contributed by atoms with Crippen molar-refractivity contribution in [2.24, 2.45) is 10.7 Å². The summed E-state index contributed by atoms with van der Waals surface area (Å²) in [6, 6.07) is 0. The fourth-order valence-electron chi connectivity index (χ4n) is 2.93. The van der Waals surface area contributed by atoms with Gasteiger partial charge in [-0.2, -0.15) is 0 Å². The van der Waals surface area contributed by atoms with Gasteiger partial charge in [0.25, 0.3) is 0 Å². The van der Waals surface area contributed by atoms with E-state index in [1.165, 1.54) is 96.3 Å². The predicted octanol–water partition coefficient (Wildman–Crippen LogP) is 6.79. The van der Waals surface area contributed by atoms with Crippen LogP contribution in [0.2, 0.25) is 0 Å². The van der Waals surface area contributed by atoms with Gasteiger partial charge >= 0.3 is 0 Å². The fourth-order valence-corrected chi connectivity index (χ4v) is 2.93. The van der Waals surface area contributed by atoms with Crippen molar-refractivity contribution in [3.63, 3.8) is 0 Å². The quantitative estimate of drug-likeness (QED) is 0.168. The van der Waals surface area contributed by atoms with Crippen LogP contribution in [-0.4, -0.2) is 12.4 Å². The van der Waals surface area contributed by atoms with Crippen LogP contribution in [0.25, 0.3) is 0 Å². The zero-order valence-corrected chi connectivity index (χ0v) is 15.8. The Hall–Kier alpha value is -0.790. The molecule has 0 spiro atoms.